The fourth-order valence-electron chi connectivity index (χ4n) is 2.82. The summed E-state index contributed by atoms with van der Waals surface area (Å²) in [5.74, 6) is -1.13. The summed E-state index contributed by atoms with van der Waals surface area (Å²) in [6.45, 7) is 1.55. The van der Waals surface area contributed by atoms with Crippen molar-refractivity contribution < 1.29 is 19.4 Å². The minimum absolute atomic E-state index is 0.0788. The number of aliphatic carboxylic acids is 1. The number of amides is 1. The van der Waals surface area contributed by atoms with Crippen LogP contribution >= 0.6 is 0 Å². The van der Waals surface area contributed by atoms with Gasteiger partial charge in [0, 0.05) is 23.5 Å². The van der Waals surface area contributed by atoms with Gasteiger partial charge in [-0.3, -0.25) is 0 Å². The quantitative estimate of drug-likeness (QED) is 0.633. The van der Waals surface area contributed by atoms with Crippen LogP contribution in [0.15, 0.2) is 60.8 Å². The van der Waals surface area contributed by atoms with Gasteiger partial charge in [0.25, 0.3) is 0 Å². The van der Waals surface area contributed by atoms with Gasteiger partial charge in [-0.15, -0.1) is 0 Å². The van der Waals surface area contributed by atoms with Gasteiger partial charge in [-0.25, -0.2) is 9.59 Å². The highest BCUT2D eigenvalue weighted by Crippen LogP contribution is 2.23. The molecule has 0 saturated heterocycles. The Morgan fingerprint density at radius 2 is 1.81 bits per heavy atom. The average Bonchev–Trinajstić information content (AvgIpc) is 3.03. The number of benzene rings is 2. The first-order valence-corrected chi connectivity index (χ1v) is 8.25. The van der Waals surface area contributed by atoms with E-state index in [4.69, 9.17) is 4.74 Å². The van der Waals surface area contributed by atoms with Crippen LogP contribution < -0.4 is 5.32 Å². The summed E-state index contributed by atoms with van der Waals surface area (Å²) >= 11 is 0. The summed E-state index contributed by atoms with van der Waals surface area (Å²) in [6.07, 6.45) is 1.13. The van der Waals surface area contributed by atoms with Crippen LogP contribution in [0, 0.1) is 0 Å². The molecule has 0 saturated carbocycles. The van der Waals surface area contributed by atoms with E-state index in [1.54, 1.807) is 6.20 Å². The number of aromatic nitrogens is 1. The van der Waals surface area contributed by atoms with Gasteiger partial charge in [-0.05, 0) is 24.1 Å². The molecule has 1 atom stereocenters. The smallest absolute Gasteiger partial charge is 0.408 e. The summed E-state index contributed by atoms with van der Waals surface area (Å²) in [6, 6.07) is 16.8. The number of alkyl carbamates (subject to hydrolysis) is 1. The van der Waals surface area contributed by atoms with E-state index >= 15 is 0 Å². The van der Waals surface area contributed by atoms with E-state index in [0.29, 0.717) is 0 Å². The lowest BCUT2D eigenvalue weighted by atomic mass is 9.93. The lowest BCUT2D eigenvalue weighted by molar-refractivity contribution is -0.143. The molecule has 0 radical (unpaired) electrons. The molecule has 26 heavy (non-hydrogen) atoms. The number of carbonyl (C=O) groups is 2. The molecule has 0 aliphatic heterocycles. The van der Waals surface area contributed by atoms with Crippen molar-refractivity contribution in [1.82, 2.24) is 10.3 Å². The predicted octanol–water partition coefficient (Wildman–Crippen LogP) is 3.48. The van der Waals surface area contributed by atoms with Gasteiger partial charge in [-0.2, -0.15) is 0 Å². The van der Waals surface area contributed by atoms with E-state index in [-0.39, 0.29) is 13.0 Å². The van der Waals surface area contributed by atoms with Crippen LogP contribution in [0.25, 0.3) is 10.9 Å². The van der Waals surface area contributed by atoms with Gasteiger partial charge >= 0.3 is 12.1 Å². The van der Waals surface area contributed by atoms with Crippen molar-refractivity contribution in [2.45, 2.75) is 25.5 Å². The number of hydrogen-bond donors (Lipinski definition) is 3. The Morgan fingerprint density at radius 1 is 1.12 bits per heavy atom. The second kappa shape index (κ2) is 7.31. The molecule has 0 spiro atoms. The SMILES string of the molecule is C[C@@](Cc1c[nH]c2ccccc12)(NC(=O)OCc1ccccc1)C(=O)O. The van der Waals surface area contributed by atoms with Crippen molar-refractivity contribution in [3.8, 4) is 0 Å². The number of aromatic amines is 1. The van der Waals surface area contributed by atoms with E-state index in [0.717, 1.165) is 22.0 Å². The lowest BCUT2D eigenvalue weighted by Crippen LogP contribution is -2.53. The zero-order valence-corrected chi connectivity index (χ0v) is 14.4. The second-order valence-corrected chi connectivity index (χ2v) is 6.36. The number of carboxylic acid groups (broad SMARTS) is 1. The van der Waals surface area contributed by atoms with E-state index in [2.05, 4.69) is 10.3 Å². The first-order valence-electron chi connectivity index (χ1n) is 8.25. The van der Waals surface area contributed by atoms with Crippen molar-refractivity contribution >= 4 is 23.0 Å². The molecular weight excluding hydrogens is 332 g/mol. The summed E-state index contributed by atoms with van der Waals surface area (Å²) in [7, 11) is 0. The molecule has 134 valence electrons. The van der Waals surface area contributed by atoms with Crippen molar-refractivity contribution in [2.24, 2.45) is 0 Å². The van der Waals surface area contributed by atoms with Crippen LogP contribution in [0.3, 0.4) is 0 Å². The number of H-pyrrole nitrogens is 1. The standard InChI is InChI=1S/C20H20N2O4/c1-20(18(23)24,11-15-12-21-17-10-6-5-9-16(15)17)22-19(25)26-13-14-7-3-2-4-8-14/h2-10,12,21H,11,13H2,1H3,(H,22,25)(H,23,24)/t20-/m0/s1. The van der Waals surface area contributed by atoms with Crippen LogP contribution in [0.4, 0.5) is 4.79 Å². The van der Waals surface area contributed by atoms with Crippen LogP contribution in [-0.2, 0) is 22.6 Å². The van der Waals surface area contributed by atoms with Gasteiger partial charge < -0.3 is 20.1 Å². The third-order valence-electron chi connectivity index (χ3n) is 4.28. The Labute approximate surface area is 150 Å². The molecule has 0 aliphatic carbocycles. The molecule has 3 rings (SSSR count). The first-order chi connectivity index (χ1) is 12.5. The number of para-hydroxylation sites is 1. The van der Waals surface area contributed by atoms with Crippen molar-refractivity contribution in [3.63, 3.8) is 0 Å². The number of fused-ring (bicyclic) bond motifs is 1. The van der Waals surface area contributed by atoms with Crippen LogP contribution in [0.5, 0.6) is 0 Å². The van der Waals surface area contributed by atoms with Gasteiger partial charge in [-0.1, -0.05) is 48.5 Å². The van der Waals surface area contributed by atoms with Crippen molar-refractivity contribution in [1.29, 1.82) is 0 Å². The maximum Gasteiger partial charge on any atom is 0.408 e. The highest BCUT2D eigenvalue weighted by molar-refractivity contribution is 5.87. The molecule has 6 heteroatoms. The Balaban J connectivity index is 1.71. The summed E-state index contributed by atoms with van der Waals surface area (Å²) in [4.78, 5) is 27.0. The Kier molecular flexibility index (Phi) is 4.93. The molecule has 0 bridgehead atoms. The van der Waals surface area contributed by atoms with Gasteiger partial charge in [0.15, 0.2) is 0 Å². The number of nitrogens with one attached hydrogen (secondary N) is 2. The molecule has 3 N–H and O–H groups in total. The number of carbonyl (C=O) groups excluding carboxylic acids is 1. The minimum atomic E-state index is -1.49. The molecule has 2 aromatic carbocycles. The maximum atomic E-state index is 12.1. The summed E-state index contributed by atoms with van der Waals surface area (Å²) < 4.78 is 5.16. The minimum Gasteiger partial charge on any atom is -0.480 e. The van der Waals surface area contributed by atoms with Gasteiger partial charge in [0.2, 0.25) is 0 Å². The van der Waals surface area contributed by atoms with E-state index < -0.39 is 17.6 Å². The number of rotatable bonds is 6. The topological polar surface area (TPSA) is 91.4 Å². The molecular formula is C20H20N2O4. The van der Waals surface area contributed by atoms with Gasteiger partial charge in [0.1, 0.15) is 12.1 Å². The van der Waals surface area contributed by atoms with Crippen molar-refractivity contribution in [3.05, 3.63) is 71.9 Å². The highest BCUT2D eigenvalue weighted by Gasteiger charge is 2.36. The van der Waals surface area contributed by atoms with Crippen LogP contribution in [0.1, 0.15) is 18.1 Å². The number of hydrogen-bond acceptors (Lipinski definition) is 3. The first kappa shape index (κ1) is 17.5. The number of carboxylic acids is 1. The third kappa shape index (κ3) is 3.85. The Morgan fingerprint density at radius 3 is 2.54 bits per heavy atom. The fourth-order valence-corrected chi connectivity index (χ4v) is 2.82. The molecule has 6 nitrogen and oxygen atoms in total. The van der Waals surface area contributed by atoms with E-state index in [1.807, 2.05) is 54.6 Å². The zero-order valence-electron chi connectivity index (χ0n) is 14.4. The summed E-state index contributed by atoms with van der Waals surface area (Å²) in [5.41, 5.74) is 1.07. The summed E-state index contributed by atoms with van der Waals surface area (Å²) in [5, 5.41) is 13.1. The van der Waals surface area contributed by atoms with Gasteiger partial charge in [0.05, 0.1) is 0 Å². The molecule has 0 unspecified atom stereocenters. The third-order valence-corrected chi connectivity index (χ3v) is 4.28. The molecule has 1 amide bonds. The number of ether oxygens (including phenoxy) is 1. The van der Waals surface area contributed by atoms with E-state index in [9.17, 15) is 14.7 Å². The zero-order chi connectivity index (χ0) is 18.6. The molecule has 1 aromatic heterocycles. The normalized spacial score (nSPS) is 13.1. The molecule has 1 heterocycles. The monoisotopic (exact) mass is 352 g/mol. The molecule has 0 aliphatic rings. The highest BCUT2D eigenvalue weighted by atomic mass is 16.5. The second-order valence-electron chi connectivity index (χ2n) is 6.36. The van der Waals surface area contributed by atoms with Crippen LogP contribution in [-0.4, -0.2) is 27.7 Å². The maximum absolute atomic E-state index is 12.1. The largest absolute Gasteiger partial charge is 0.480 e. The Bertz CT molecular complexity index is 920. The Hall–Kier alpha value is -3.28. The lowest BCUT2D eigenvalue weighted by Gasteiger charge is -2.25. The van der Waals surface area contributed by atoms with E-state index in [1.165, 1.54) is 6.92 Å². The fraction of sp³-hybridized carbons (Fsp3) is 0.200. The average molecular weight is 352 g/mol. The molecule has 0 fully saturated rings. The predicted molar refractivity (Wildman–Crippen MR) is 97.8 cm³/mol. The van der Waals surface area contributed by atoms with Crippen molar-refractivity contribution in [2.75, 3.05) is 0 Å². The molecule has 3 aromatic rings. The van der Waals surface area contributed by atoms with Crippen LogP contribution in [0.2, 0.25) is 0 Å².